The first kappa shape index (κ1) is 56.9. The summed E-state index contributed by atoms with van der Waals surface area (Å²) in [5.74, 6) is 9.39. The fourth-order valence-corrected chi connectivity index (χ4v) is 11.2. The fraction of sp³-hybridized carbons (Fsp3) is 0.149. The third-order valence-corrected chi connectivity index (χ3v) is 15.2. The number of nitrogens with one attached hydrogen (secondary N) is 4. The van der Waals surface area contributed by atoms with E-state index >= 15 is 0 Å². The lowest BCUT2D eigenvalue weighted by molar-refractivity contribution is -0.401. The smallest absolute Gasteiger partial charge is 0.433 e. The fourth-order valence-electron chi connectivity index (χ4n) is 11.2. The Labute approximate surface area is 511 Å². The molecule has 0 atom stereocenters. The van der Waals surface area contributed by atoms with Crippen molar-refractivity contribution in [3.63, 3.8) is 0 Å². The highest BCUT2D eigenvalue weighted by Crippen LogP contribution is 2.33. The molecule has 90 heavy (non-hydrogen) atoms. The summed E-state index contributed by atoms with van der Waals surface area (Å²) < 4.78 is 23.9. The number of carbonyl (C=O) groups excluding carboxylic acids is 5. The van der Waals surface area contributed by atoms with Gasteiger partial charge in [0.1, 0.15) is 23.1 Å². The van der Waals surface area contributed by atoms with Gasteiger partial charge >= 0.3 is 11.9 Å². The third kappa shape index (κ3) is 11.4. The van der Waals surface area contributed by atoms with Crippen LogP contribution in [-0.4, -0.2) is 98.9 Å². The van der Waals surface area contributed by atoms with Crippen molar-refractivity contribution in [2.24, 2.45) is 0 Å². The van der Waals surface area contributed by atoms with Crippen molar-refractivity contribution in [1.29, 1.82) is 0 Å². The van der Waals surface area contributed by atoms with Crippen LogP contribution in [0.5, 0.6) is 0 Å². The molecule has 0 saturated heterocycles. The first-order chi connectivity index (χ1) is 43.9. The van der Waals surface area contributed by atoms with Crippen molar-refractivity contribution in [1.82, 2.24) is 59.5 Å². The molecule has 4 aliphatic heterocycles. The minimum absolute atomic E-state index is 0.0251. The number of hydrogen-bond acceptors (Lipinski definition) is 14. The quantitative estimate of drug-likeness (QED) is 0.0501. The number of hydrogen-bond donors (Lipinski definition) is 4. The van der Waals surface area contributed by atoms with Gasteiger partial charge in [0.15, 0.2) is 29.0 Å². The molecule has 10 heterocycles. The molecule has 6 aromatic heterocycles. The van der Waals surface area contributed by atoms with Gasteiger partial charge in [-0.05, 0) is 96.4 Å². The average molecular weight is 1200 g/mol. The van der Waals surface area contributed by atoms with E-state index in [1.807, 2.05) is 123 Å². The van der Waals surface area contributed by atoms with Gasteiger partial charge in [-0.3, -0.25) is 34.1 Å². The van der Waals surface area contributed by atoms with Crippen molar-refractivity contribution >= 4 is 91.8 Å². The van der Waals surface area contributed by atoms with Crippen molar-refractivity contribution in [3.05, 3.63) is 219 Å². The molecule has 23 heteroatoms. The van der Waals surface area contributed by atoms with Crippen LogP contribution in [0.25, 0.3) is 79.5 Å². The largest absolute Gasteiger partial charge is 0.458 e. The first-order valence-electron chi connectivity index (χ1n) is 28.8. The maximum absolute atomic E-state index is 12.2. The van der Waals surface area contributed by atoms with Gasteiger partial charge in [0.2, 0.25) is 0 Å². The molecule has 0 fully saturated rings. The molecular weight excluding hydrogens is 1150 g/mol. The number of imidazole rings is 4. The zero-order valence-corrected chi connectivity index (χ0v) is 48.1. The maximum Gasteiger partial charge on any atom is 0.433 e. The number of para-hydroxylation sites is 4. The Bertz CT molecular complexity index is 4920. The minimum Gasteiger partial charge on any atom is -0.458 e. The van der Waals surface area contributed by atoms with Gasteiger partial charge in [-0.2, -0.15) is 0 Å². The second-order valence-corrected chi connectivity index (χ2v) is 20.9. The molecule has 4 aliphatic rings. The summed E-state index contributed by atoms with van der Waals surface area (Å²) in [6.45, 7) is 6.14. The Balaban J connectivity index is 0.000000110. The summed E-state index contributed by atoms with van der Waals surface area (Å²) in [5, 5.41) is 22.3. The summed E-state index contributed by atoms with van der Waals surface area (Å²) in [6.07, 6.45) is 4.05. The number of aromatic nitrogens is 8. The van der Waals surface area contributed by atoms with Gasteiger partial charge < -0.3 is 53.1 Å². The lowest BCUT2D eigenvalue weighted by atomic mass is 10.2. The number of esters is 1. The predicted octanol–water partition coefficient (Wildman–Crippen LogP) is 9.18. The van der Waals surface area contributed by atoms with E-state index in [9.17, 15) is 34.1 Å². The lowest BCUT2D eigenvalue weighted by Gasteiger charge is -2.05. The van der Waals surface area contributed by atoms with Crippen LogP contribution in [0.15, 0.2) is 167 Å². The average Bonchev–Trinajstić information content (AvgIpc) is 1.71. The van der Waals surface area contributed by atoms with Crippen LogP contribution in [0.4, 0.5) is 5.88 Å². The number of carbonyl (C=O) groups is 5. The van der Waals surface area contributed by atoms with Crippen molar-refractivity contribution in [3.8, 4) is 35.0 Å². The van der Waals surface area contributed by atoms with Crippen LogP contribution in [0.2, 0.25) is 0 Å². The van der Waals surface area contributed by atoms with Crippen LogP contribution in [0, 0.1) is 22.0 Å². The number of benzene rings is 6. The van der Waals surface area contributed by atoms with Crippen molar-refractivity contribution in [2.75, 3.05) is 26.2 Å². The van der Waals surface area contributed by atoms with E-state index in [1.54, 1.807) is 36.4 Å². The Morgan fingerprint density at radius 2 is 0.978 bits per heavy atom. The Kier molecular flexibility index (Phi) is 15.6. The highest BCUT2D eigenvalue weighted by Gasteiger charge is 2.27. The van der Waals surface area contributed by atoms with Gasteiger partial charge in [0.05, 0.1) is 72.5 Å². The third-order valence-electron chi connectivity index (χ3n) is 15.2. The SMILES string of the molecule is CC(=O)OCc1ccc(-c2nc3cccc4c3n2CCNC4=O)o1.O=C1NCCn2c(-c3ccc([N+](=O)[O-])o3)nc3cccc1c32.O=C1NCCn2c(/C=C/c3ccccc3)nc3cccc1c32.O=C1NCCn2c(C#Cc3ccccc3)nc3cccc1c32. The summed E-state index contributed by atoms with van der Waals surface area (Å²) in [7, 11) is 0. The second kappa shape index (κ2) is 24.7. The zero-order chi connectivity index (χ0) is 61.8. The normalized spacial score (nSPS) is 13.7. The van der Waals surface area contributed by atoms with E-state index in [2.05, 4.69) is 69.7 Å². The van der Waals surface area contributed by atoms with E-state index < -0.39 is 4.92 Å². The van der Waals surface area contributed by atoms with Gasteiger partial charge in [-0.15, -0.1) is 0 Å². The molecule has 16 rings (SSSR count). The number of ether oxygens (including phenoxy) is 1. The monoisotopic (exact) mass is 1200 g/mol. The standard InChI is InChI=1S/C18H15N3O.C18H13N3O.C17H15N3O4.C14H10N4O4/c2*22-18-14-7-4-8-15-17(14)21(12-11-19-18)16(20-15)10-9-13-5-2-1-3-6-13;1-10(21)23-9-11-5-6-14(24-11)16-19-13-4-2-3-12-15(13)20(16)8-7-18-17(12)22;19-14-8-2-1-3-9-12(8)17(7-6-15-14)13(16-9)10-4-5-11(22-10)18(20)21/h1-10H,11-12H2,(H,19,22);1-8H,11-12H2,(H,19,22);2-6H,7-9H2,1H3,(H,18,22);1-5H,6-7H2,(H,15,19)/b10-9+;;;. The molecule has 12 aromatic rings. The van der Waals surface area contributed by atoms with Crippen molar-refractivity contribution in [2.45, 2.75) is 39.7 Å². The molecule has 0 saturated carbocycles. The number of nitrogens with zero attached hydrogens (tertiary/aromatic N) is 9. The minimum atomic E-state index is -0.592. The molecule has 4 N–H and O–H groups in total. The molecule has 0 aliphatic carbocycles. The van der Waals surface area contributed by atoms with Crippen LogP contribution < -0.4 is 21.3 Å². The van der Waals surface area contributed by atoms with Gasteiger partial charge in [0, 0.05) is 64.8 Å². The second-order valence-electron chi connectivity index (χ2n) is 20.9. The summed E-state index contributed by atoms with van der Waals surface area (Å²) in [6, 6.07) is 48.4. The topological polar surface area (TPSA) is 283 Å². The maximum atomic E-state index is 12.2. The lowest BCUT2D eigenvalue weighted by Crippen LogP contribution is -2.24. The summed E-state index contributed by atoms with van der Waals surface area (Å²) in [4.78, 5) is 87.9. The van der Waals surface area contributed by atoms with E-state index in [4.69, 9.17) is 13.6 Å². The summed E-state index contributed by atoms with van der Waals surface area (Å²) >= 11 is 0. The summed E-state index contributed by atoms with van der Waals surface area (Å²) in [5.41, 5.74) is 11.0. The van der Waals surface area contributed by atoms with Crippen LogP contribution in [-0.2, 0) is 42.3 Å². The van der Waals surface area contributed by atoms with Crippen LogP contribution in [0.3, 0.4) is 0 Å². The Morgan fingerprint density at radius 3 is 1.50 bits per heavy atom. The molecule has 446 valence electrons. The predicted molar refractivity (Wildman–Crippen MR) is 334 cm³/mol. The zero-order valence-electron chi connectivity index (χ0n) is 48.1. The molecule has 4 amide bonds. The van der Waals surface area contributed by atoms with E-state index in [0.717, 1.165) is 56.6 Å². The molecular formula is C67H53N13O10. The molecule has 6 aromatic carbocycles. The highest BCUT2D eigenvalue weighted by molar-refractivity contribution is 6.08. The van der Waals surface area contributed by atoms with E-state index in [0.29, 0.717) is 114 Å². The number of amides is 4. The van der Waals surface area contributed by atoms with Crippen LogP contribution >= 0.6 is 0 Å². The van der Waals surface area contributed by atoms with Gasteiger partial charge in [0.25, 0.3) is 23.6 Å². The first-order valence-corrected chi connectivity index (χ1v) is 28.8. The highest BCUT2D eigenvalue weighted by atomic mass is 16.6. The number of rotatable bonds is 7. The number of nitro groups is 1. The van der Waals surface area contributed by atoms with Gasteiger partial charge in [-0.25, -0.2) is 19.9 Å². The molecule has 0 bridgehead atoms. The van der Waals surface area contributed by atoms with E-state index in [-0.39, 0.29) is 42.1 Å². The van der Waals surface area contributed by atoms with Crippen LogP contribution in [0.1, 0.15) is 76.9 Å². The van der Waals surface area contributed by atoms with Gasteiger partial charge in [-0.1, -0.05) is 84.8 Å². The Hall–Kier alpha value is -12.2. The van der Waals surface area contributed by atoms with Crippen molar-refractivity contribution < 1.29 is 42.5 Å². The molecule has 0 spiro atoms. The Morgan fingerprint density at radius 1 is 0.522 bits per heavy atom. The van der Waals surface area contributed by atoms with E-state index in [1.165, 1.54) is 19.1 Å². The molecule has 0 unspecified atom stereocenters. The number of furan rings is 2. The molecule has 0 radical (unpaired) electrons. The molecule has 23 nitrogen and oxygen atoms in total.